The van der Waals surface area contributed by atoms with Gasteiger partial charge in [0.25, 0.3) is 0 Å². The van der Waals surface area contributed by atoms with Gasteiger partial charge in [-0.2, -0.15) is 0 Å². The SMILES string of the molecule is C[C@@H]1C(=O)Nc2ccc(C(=O)COC(=O)c3cc(Cl)cc(Cl)c3)cc21. The second-order valence-corrected chi connectivity index (χ2v) is 6.54. The summed E-state index contributed by atoms with van der Waals surface area (Å²) in [6.45, 7) is 1.34. The predicted octanol–water partition coefficient (Wildman–Crippen LogP) is 4.09. The fourth-order valence-corrected chi connectivity index (χ4v) is 3.09. The molecule has 1 aliphatic heterocycles. The maximum absolute atomic E-state index is 12.3. The van der Waals surface area contributed by atoms with Gasteiger partial charge in [-0.25, -0.2) is 4.79 Å². The van der Waals surface area contributed by atoms with Crippen molar-refractivity contribution in [2.45, 2.75) is 12.8 Å². The Morgan fingerprint density at radius 2 is 1.76 bits per heavy atom. The van der Waals surface area contributed by atoms with E-state index in [9.17, 15) is 14.4 Å². The van der Waals surface area contributed by atoms with Crippen molar-refractivity contribution < 1.29 is 19.1 Å². The van der Waals surface area contributed by atoms with E-state index in [0.29, 0.717) is 21.3 Å². The Morgan fingerprint density at radius 1 is 1.08 bits per heavy atom. The molecule has 3 rings (SSSR count). The van der Waals surface area contributed by atoms with Gasteiger partial charge < -0.3 is 10.1 Å². The third-order valence-electron chi connectivity index (χ3n) is 3.92. The van der Waals surface area contributed by atoms with Crippen LogP contribution in [0.3, 0.4) is 0 Å². The molecule has 5 nitrogen and oxygen atoms in total. The summed E-state index contributed by atoms with van der Waals surface area (Å²) in [6, 6.07) is 9.21. The molecular weight excluding hydrogens is 365 g/mol. The Balaban J connectivity index is 1.69. The number of hydrogen-bond donors (Lipinski definition) is 1. The number of nitrogens with one attached hydrogen (secondary N) is 1. The second kappa shape index (κ2) is 6.86. The van der Waals surface area contributed by atoms with E-state index >= 15 is 0 Å². The lowest BCUT2D eigenvalue weighted by molar-refractivity contribution is -0.116. The van der Waals surface area contributed by atoms with E-state index in [-0.39, 0.29) is 23.2 Å². The Labute approximate surface area is 153 Å². The Kier molecular flexibility index (Phi) is 4.79. The number of anilines is 1. The molecule has 0 bridgehead atoms. The van der Waals surface area contributed by atoms with Crippen molar-refractivity contribution in [2.75, 3.05) is 11.9 Å². The van der Waals surface area contributed by atoms with E-state index in [0.717, 1.165) is 5.56 Å². The molecule has 2 aromatic rings. The van der Waals surface area contributed by atoms with E-state index in [4.69, 9.17) is 27.9 Å². The van der Waals surface area contributed by atoms with Crippen molar-refractivity contribution in [3.8, 4) is 0 Å². The zero-order valence-electron chi connectivity index (χ0n) is 13.1. The largest absolute Gasteiger partial charge is 0.454 e. The van der Waals surface area contributed by atoms with Gasteiger partial charge in [-0.15, -0.1) is 0 Å². The van der Waals surface area contributed by atoms with Crippen LogP contribution in [0.15, 0.2) is 36.4 Å². The van der Waals surface area contributed by atoms with Gasteiger partial charge in [0.2, 0.25) is 5.91 Å². The Bertz CT molecular complexity index is 874. The first-order valence-electron chi connectivity index (χ1n) is 7.46. The van der Waals surface area contributed by atoms with Crippen LogP contribution in [0.1, 0.15) is 39.1 Å². The molecule has 25 heavy (non-hydrogen) atoms. The molecule has 0 fully saturated rings. The number of esters is 1. The van der Waals surface area contributed by atoms with Crippen LogP contribution in [0.5, 0.6) is 0 Å². The van der Waals surface area contributed by atoms with Gasteiger partial charge >= 0.3 is 5.97 Å². The summed E-state index contributed by atoms with van der Waals surface area (Å²) in [5.41, 5.74) is 1.99. The summed E-state index contributed by atoms with van der Waals surface area (Å²) in [7, 11) is 0. The van der Waals surface area contributed by atoms with Gasteiger partial charge in [-0.05, 0) is 48.9 Å². The van der Waals surface area contributed by atoms with Crippen LogP contribution in [0, 0.1) is 0 Å². The van der Waals surface area contributed by atoms with Crippen LogP contribution in [0.25, 0.3) is 0 Å². The first-order chi connectivity index (χ1) is 11.8. The van der Waals surface area contributed by atoms with E-state index in [2.05, 4.69) is 5.32 Å². The Morgan fingerprint density at radius 3 is 2.44 bits per heavy atom. The molecule has 7 heteroatoms. The molecule has 0 aromatic heterocycles. The molecule has 0 saturated heterocycles. The molecule has 1 atom stereocenters. The van der Waals surface area contributed by atoms with Gasteiger partial charge in [-0.1, -0.05) is 23.2 Å². The fraction of sp³-hybridized carbons (Fsp3) is 0.167. The fourth-order valence-electron chi connectivity index (χ4n) is 2.56. The summed E-state index contributed by atoms with van der Waals surface area (Å²) in [5.74, 6) is -1.48. The number of carbonyl (C=O) groups is 3. The van der Waals surface area contributed by atoms with Crippen LogP contribution in [-0.4, -0.2) is 24.3 Å². The lowest BCUT2D eigenvalue weighted by Gasteiger charge is -2.07. The lowest BCUT2D eigenvalue weighted by Crippen LogP contribution is -2.14. The van der Waals surface area contributed by atoms with Gasteiger partial charge in [0.15, 0.2) is 12.4 Å². The zero-order chi connectivity index (χ0) is 18.1. The topological polar surface area (TPSA) is 72.5 Å². The van der Waals surface area contributed by atoms with Crippen LogP contribution in [-0.2, 0) is 9.53 Å². The molecule has 1 aliphatic rings. The predicted molar refractivity (Wildman–Crippen MR) is 94.6 cm³/mol. The summed E-state index contributed by atoms with van der Waals surface area (Å²) >= 11 is 11.7. The highest BCUT2D eigenvalue weighted by Crippen LogP contribution is 2.32. The molecule has 0 saturated carbocycles. The van der Waals surface area contributed by atoms with Crippen molar-refractivity contribution >= 4 is 46.5 Å². The number of amides is 1. The highest BCUT2D eigenvalue weighted by atomic mass is 35.5. The number of hydrogen-bond acceptors (Lipinski definition) is 4. The molecule has 1 N–H and O–H groups in total. The molecule has 0 radical (unpaired) electrons. The maximum Gasteiger partial charge on any atom is 0.338 e. The van der Waals surface area contributed by atoms with Crippen molar-refractivity contribution in [1.82, 2.24) is 0 Å². The monoisotopic (exact) mass is 377 g/mol. The van der Waals surface area contributed by atoms with Crippen molar-refractivity contribution in [1.29, 1.82) is 0 Å². The number of benzene rings is 2. The van der Waals surface area contributed by atoms with Crippen LogP contribution < -0.4 is 5.32 Å². The first kappa shape index (κ1) is 17.5. The standard InChI is InChI=1S/C18H13Cl2NO4/c1-9-14-6-10(2-3-15(14)21-17(9)23)16(22)8-25-18(24)11-4-12(19)7-13(20)5-11/h2-7,9H,8H2,1H3,(H,21,23)/t9-/m0/s1. The molecule has 1 amide bonds. The maximum atomic E-state index is 12.3. The van der Waals surface area contributed by atoms with Crippen molar-refractivity contribution in [3.05, 3.63) is 63.1 Å². The summed E-state index contributed by atoms with van der Waals surface area (Å²) in [5, 5.41) is 3.34. The average molecular weight is 378 g/mol. The van der Waals surface area contributed by atoms with Crippen LogP contribution in [0.4, 0.5) is 5.69 Å². The number of halogens is 2. The average Bonchev–Trinajstić information content (AvgIpc) is 2.85. The molecular formula is C18H13Cl2NO4. The van der Waals surface area contributed by atoms with E-state index < -0.39 is 12.6 Å². The molecule has 128 valence electrons. The minimum atomic E-state index is -0.691. The molecule has 0 spiro atoms. The summed E-state index contributed by atoms with van der Waals surface area (Å²) in [6.07, 6.45) is 0. The van der Waals surface area contributed by atoms with Crippen molar-refractivity contribution in [2.24, 2.45) is 0 Å². The minimum absolute atomic E-state index is 0.108. The molecule has 0 unspecified atom stereocenters. The number of ketones is 1. The molecule has 2 aromatic carbocycles. The highest BCUT2D eigenvalue weighted by molar-refractivity contribution is 6.35. The van der Waals surface area contributed by atoms with Gasteiger partial charge in [0, 0.05) is 21.3 Å². The number of ether oxygens (including phenoxy) is 1. The number of rotatable bonds is 4. The molecule has 1 heterocycles. The summed E-state index contributed by atoms with van der Waals surface area (Å²) in [4.78, 5) is 35.9. The van der Waals surface area contributed by atoms with E-state index in [1.54, 1.807) is 25.1 Å². The van der Waals surface area contributed by atoms with Crippen molar-refractivity contribution in [3.63, 3.8) is 0 Å². The number of Topliss-reactive ketones (excluding diaryl/α,β-unsaturated/α-hetero) is 1. The third kappa shape index (κ3) is 3.67. The normalized spacial score (nSPS) is 15.5. The quantitative estimate of drug-likeness (QED) is 0.643. The van der Waals surface area contributed by atoms with E-state index in [1.807, 2.05) is 0 Å². The first-order valence-corrected chi connectivity index (χ1v) is 8.22. The van der Waals surface area contributed by atoms with Crippen LogP contribution in [0.2, 0.25) is 10.0 Å². The highest BCUT2D eigenvalue weighted by Gasteiger charge is 2.27. The number of carbonyl (C=O) groups excluding carboxylic acids is 3. The summed E-state index contributed by atoms with van der Waals surface area (Å²) < 4.78 is 5.03. The van der Waals surface area contributed by atoms with Gasteiger partial charge in [0.05, 0.1) is 11.5 Å². The zero-order valence-corrected chi connectivity index (χ0v) is 14.6. The minimum Gasteiger partial charge on any atom is -0.454 e. The van der Waals surface area contributed by atoms with Gasteiger partial charge in [-0.3, -0.25) is 9.59 Å². The molecule has 0 aliphatic carbocycles. The Hall–Kier alpha value is -2.37. The van der Waals surface area contributed by atoms with E-state index in [1.165, 1.54) is 18.2 Å². The van der Waals surface area contributed by atoms with Crippen LogP contribution >= 0.6 is 23.2 Å². The third-order valence-corrected chi connectivity index (χ3v) is 4.36. The lowest BCUT2D eigenvalue weighted by atomic mass is 9.99. The number of fused-ring (bicyclic) bond motifs is 1. The smallest absolute Gasteiger partial charge is 0.338 e. The second-order valence-electron chi connectivity index (χ2n) is 5.67. The van der Waals surface area contributed by atoms with Gasteiger partial charge in [0.1, 0.15) is 0 Å².